The zero-order valence-electron chi connectivity index (χ0n) is 9.29. The molecule has 0 fully saturated rings. The van der Waals surface area contributed by atoms with Crippen LogP contribution in [-0.4, -0.2) is 17.6 Å². The van der Waals surface area contributed by atoms with Crippen molar-refractivity contribution in [2.75, 3.05) is 11.9 Å². The van der Waals surface area contributed by atoms with Crippen LogP contribution in [0, 0.1) is 5.82 Å². The maximum Gasteiger partial charge on any atom is 0.139 e. The first kappa shape index (κ1) is 13.8. The molecule has 4 nitrogen and oxygen atoms in total. The summed E-state index contributed by atoms with van der Waals surface area (Å²) < 4.78 is 13.5. The van der Waals surface area contributed by atoms with Crippen molar-refractivity contribution < 1.29 is 9.60 Å². The van der Waals surface area contributed by atoms with E-state index in [0.717, 1.165) is 25.1 Å². The van der Waals surface area contributed by atoms with Crippen LogP contribution in [0.4, 0.5) is 10.1 Å². The summed E-state index contributed by atoms with van der Waals surface area (Å²) in [5.74, 6) is -0.0256. The predicted octanol–water partition coefficient (Wildman–Crippen LogP) is 2.92. The third-order valence-electron chi connectivity index (χ3n) is 2.23. The fourth-order valence-corrected chi connectivity index (χ4v) is 1.83. The number of halogens is 2. The molecule has 0 heterocycles. The summed E-state index contributed by atoms with van der Waals surface area (Å²) in [7, 11) is 0. The Balaban J connectivity index is 2.27. The number of unbranched alkanes of at least 4 members (excludes halogenated alkanes) is 1. The molecule has 0 bridgehead atoms. The SMILES string of the molecule is NC(CCCCNc1ccc(F)cc1Br)=NO. The van der Waals surface area contributed by atoms with Gasteiger partial charge in [0.2, 0.25) is 0 Å². The molecule has 0 aliphatic carbocycles. The van der Waals surface area contributed by atoms with Gasteiger partial charge >= 0.3 is 0 Å². The van der Waals surface area contributed by atoms with Crippen molar-refractivity contribution in [1.29, 1.82) is 0 Å². The molecule has 4 N–H and O–H groups in total. The highest BCUT2D eigenvalue weighted by atomic mass is 79.9. The quantitative estimate of drug-likeness (QED) is 0.249. The van der Waals surface area contributed by atoms with Crippen LogP contribution in [0.3, 0.4) is 0 Å². The monoisotopic (exact) mass is 303 g/mol. The number of nitrogens with zero attached hydrogens (tertiary/aromatic N) is 1. The number of nitrogens with two attached hydrogens (primary N) is 1. The summed E-state index contributed by atoms with van der Waals surface area (Å²) in [5.41, 5.74) is 6.19. The topological polar surface area (TPSA) is 70.6 Å². The van der Waals surface area contributed by atoms with E-state index in [4.69, 9.17) is 10.9 Å². The van der Waals surface area contributed by atoms with Gasteiger partial charge in [0.25, 0.3) is 0 Å². The standard InChI is InChI=1S/C11H15BrFN3O/c12-9-7-8(13)4-5-10(9)15-6-2-1-3-11(14)16-17/h4-5,7,15,17H,1-3,6H2,(H2,14,16). The van der Waals surface area contributed by atoms with Crippen LogP contribution in [0.2, 0.25) is 0 Å². The average molecular weight is 304 g/mol. The first-order valence-corrected chi connectivity index (χ1v) is 6.08. The second kappa shape index (κ2) is 7.11. The number of anilines is 1. The van der Waals surface area contributed by atoms with Crippen molar-refractivity contribution in [3.8, 4) is 0 Å². The summed E-state index contributed by atoms with van der Waals surface area (Å²) in [6.07, 6.45) is 2.30. The van der Waals surface area contributed by atoms with E-state index in [9.17, 15) is 4.39 Å². The molecule has 6 heteroatoms. The molecule has 1 rings (SSSR count). The Morgan fingerprint density at radius 2 is 2.24 bits per heavy atom. The Bertz CT molecular complexity index is 398. The van der Waals surface area contributed by atoms with Crippen LogP contribution in [0.15, 0.2) is 27.8 Å². The van der Waals surface area contributed by atoms with Gasteiger partial charge in [0.1, 0.15) is 11.7 Å². The third-order valence-corrected chi connectivity index (χ3v) is 2.89. The maximum absolute atomic E-state index is 12.8. The Hall–Kier alpha value is -1.30. The van der Waals surface area contributed by atoms with Crippen molar-refractivity contribution in [3.63, 3.8) is 0 Å². The fraction of sp³-hybridized carbons (Fsp3) is 0.364. The molecule has 0 amide bonds. The average Bonchev–Trinajstić information content (AvgIpc) is 2.30. The summed E-state index contributed by atoms with van der Waals surface area (Å²) >= 11 is 3.28. The summed E-state index contributed by atoms with van der Waals surface area (Å²) in [5, 5.41) is 14.4. The smallest absolute Gasteiger partial charge is 0.139 e. The van der Waals surface area contributed by atoms with E-state index in [-0.39, 0.29) is 11.7 Å². The van der Waals surface area contributed by atoms with Crippen LogP contribution < -0.4 is 11.1 Å². The van der Waals surface area contributed by atoms with Crippen molar-refractivity contribution >= 4 is 27.5 Å². The van der Waals surface area contributed by atoms with Gasteiger partial charge in [-0.15, -0.1) is 0 Å². The van der Waals surface area contributed by atoms with Crippen molar-refractivity contribution in [3.05, 3.63) is 28.5 Å². The van der Waals surface area contributed by atoms with Crippen LogP contribution in [0.5, 0.6) is 0 Å². The van der Waals surface area contributed by atoms with E-state index >= 15 is 0 Å². The maximum atomic E-state index is 12.8. The molecule has 0 radical (unpaired) electrons. The molecule has 17 heavy (non-hydrogen) atoms. The van der Waals surface area contributed by atoms with Crippen LogP contribution in [0.25, 0.3) is 0 Å². The number of nitrogens with one attached hydrogen (secondary N) is 1. The molecule has 0 saturated carbocycles. The fourth-order valence-electron chi connectivity index (χ4n) is 1.34. The van der Waals surface area contributed by atoms with E-state index in [1.807, 2.05) is 0 Å². The number of amidine groups is 1. The lowest BCUT2D eigenvalue weighted by Gasteiger charge is -2.08. The van der Waals surface area contributed by atoms with Gasteiger partial charge in [-0.1, -0.05) is 5.16 Å². The highest BCUT2D eigenvalue weighted by molar-refractivity contribution is 9.10. The molecule has 0 spiro atoms. The molecular formula is C11H15BrFN3O. The molecule has 0 aromatic heterocycles. The number of oxime groups is 1. The predicted molar refractivity (Wildman–Crippen MR) is 69.8 cm³/mol. The third kappa shape index (κ3) is 5.04. The first-order valence-electron chi connectivity index (χ1n) is 5.29. The zero-order valence-corrected chi connectivity index (χ0v) is 10.9. The lowest BCUT2D eigenvalue weighted by atomic mass is 10.2. The largest absolute Gasteiger partial charge is 0.409 e. The van der Waals surface area contributed by atoms with Gasteiger partial charge in [-0.05, 0) is 47.0 Å². The van der Waals surface area contributed by atoms with Gasteiger partial charge < -0.3 is 16.3 Å². The summed E-state index contributed by atoms with van der Waals surface area (Å²) in [4.78, 5) is 0. The highest BCUT2D eigenvalue weighted by Crippen LogP contribution is 2.22. The minimum absolute atomic E-state index is 0.243. The molecule has 0 aliphatic heterocycles. The Morgan fingerprint density at radius 3 is 2.88 bits per heavy atom. The zero-order chi connectivity index (χ0) is 12.7. The number of benzene rings is 1. The normalized spacial score (nSPS) is 11.5. The minimum atomic E-state index is -0.269. The molecule has 0 saturated heterocycles. The van der Waals surface area contributed by atoms with E-state index in [2.05, 4.69) is 26.4 Å². The Labute approximate surface area is 108 Å². The number of hydrogen-bond acceptors (Lipinski definition) is 3. The van der Waals surface area contributed by atoms with Crippen molar-refractivity contribution in [2.24, 2.45) is 10.9 Å². The van der Waals surface area contributed by atoms with E-state index < -0.39 is 0 Å². The van der Waals surface area contributed by atoms with Crippen LogP contribution in [-0.2, 0) is 0 Å². The number of hydrogen-bond donors (Lipinski definition) is 3. The minimum Gasteiger partial charge on any atom is -0.409 e. The van der Waals surface area contributed by atoms with E-state index in [0.29, 0.717) is 10.9 Å². The Kier molecular flexibility index (Phi) is 5.76. The van der Waals surface area contributed by atoms with Gasteiger partial charge in [0, 0.05) is 23.1 Å². The van der Waals surface area contributed by atoms with E-state index in [1.54, 1.807) is 6.07 Å². The van der Waals surface area contributed by atoms with Gasteiger partial charge in [-0.2, -0.15) is 0 Å². The number of rotatable bonds is 6. The molecule has 94 valence electrons. The molecule has 0 unspecified atom stereocenters. The first-order chi connectivity index (χ1) is 8.13. The highest BCUT2D eigenvalue weighted by Gasteiger charge is 2.00. The van der Waals surface area contributed by atoms with Crippen LogP contribution >= 0.6 is 15.9 Å². The summed E-state index contributed by atoms with van der Waals surface area (Å²) in [6.45, 7) is 0.753. The van der Waals surface area contributed by atoms with E-state index in [1.165, 1.54) is 12.1 Å². The van der Waals surface area contributed by atoms with Gasteiger partial charge in [-0.25, -0.2) is 4.39 Å². The second-order valence-corrected chi connectivity index (χ2v) is 4.45. The van der Waals surface area contributed by atoms with Gasteiger partial charge in [-0.3, -0.25) is 0 Å². The molecule has 0 aliphatic rings. The molecule has 1 aromatic rings. The molecule has 0 atom stereocenters. The van der Waals surface area contributed by atoms with Crippen molar-refractivity contribution in [1.82, 2.24) is 0 Å². The van der Waals surface area contributed by atoms with Crippen LogP contribution in [0.1, 0.15) is 19.3 Å². The molecular weight excluding hydrogens is 289 g/mol. The van der Waals surface area contributed by atoms with Gasteiger partial charge in [0.15, 0.2) is 0 Å². The molecule has 1 aromatic carbocycles. The second-order valence-electron chi connectivity index (χ2n) is 3.60. The van der Waals surface area contributed by atoms with Crippen molar-refractivity contribution in [2.45, 2.75) is 19.3 Å². The lowest BCUT2D eigenvalue weighted by Crippen LogP contribution is -2.12. The Morgan fingerprint density at radius 1 is 1.47 bits per heavy atom. The summed E-state index contributed by atoms with van der Waals surface area (Å²) in [6, 6.07) is 4.51. The lowest BCUT2D eigenvalue weighted by molar-refractivity contribution is 0.316. The van der Waals surface area contributed by atoms with Gasteiger partial charge in [0.05, 0.1) is 0 Å².